The molecule has 0 aliphatic carbocycles. The van der Waals surface area contributed by atoms with E-state index >= 15 is 0 Å². The van der Waals surface area contributed by atoms with E-state index in [4.69, 9.17) is 34.8 Å². The summed E-state index contributed by atoms with van der Waals surface area (Å²) >= 11 is 15.1. The second-order valence-corrected chi connectivity index (χ2v) is 3.40. The molecule has 0 amide bonds. The highest BCUT2D eigenvalue weighted by Gasteiger charge is 2.26. The number of rotatable bonds is 1. The Kier molecular flexibility index (Phi) is 2.65. The molecule has 1 unspecified atom stereocenters. The van der Waals surface area contributed by atoms with E-state index < -0.39 is 9.96 Å². The first-order valence-corrected chi connectivity index (χ1v) is 2.80. The summed E-state index contributed by atoms with van der Waals surface area (Å²) in [6.45, 7) is 1.29. The number of hydrogen-bond acceptors (Lipinski definition) is 0. The zero-order valence-electron chi connectivity index (χ0n) is 3.59. The molecule has 0 nitrogen and oxygen atoms in total. The van der Waals surface area contributed by atoms with Crippen LogP contribution in [0.2, 0.25) is 0 Å². The first kappa shape index (κ1) is 7.80. The van der Waals surface area contributed by atoms with E-state index in [1.807, 2.05) is 0 Å². The molecule has 7 heavy (non-hydrogen) atoms. The van der Waals surface area contributed by atoms with Crippen LogP contribution in [0, 0.1) is 0 Å². The topological polar surface area (TPSA) is 0 Å². The minimum absolute atomic E-state index is 1.29. The second kappa shape index (κ2) is 2.38. The molecule has 0 spiro atoms. The van der Waals surface area contributed by atoms with Crippen molar-refractivity contribution in [3.63, 3.8) is 0 Å². The van der Waals surface area contributed by atoms with Crippen molar-refractivity contribution in [2.45, 2.75) is 16.9 Å². The first-order valence-electron chi connectivity index (χ1n) is 1.60. The maximum Gasteiger partial charge on any atom is 0.205 e. The van der Waals surface area contributed by atoms with Crippen molar-refractivity contribution in [1.29, 1.82) is 0 Å². The Labute approximate surface area is 56.5 Å². The molecule has 0 aromatic carbocycles. The van der Waals surface area contributed by atoms with Crippen LogP contribution in [0.5, 0.6) is 0 Å². The lowest BCUT2D eigenvalue weighted by molar-refractivity contribution is 0.418. The van der Waals surface area contributed by atoms with Crippen LogP contribution in [0.1, 0.15) is 6.92 Å². The summed E-state index contributed by atoms with van der Waals surface area (Å²) < 4.78 is 10.3. The van der Waals surface area contributed by atoms with Gasteiger partial charge in [-0.1, -0.05) is 34.8 Å². The van der Waals surface area contributed by atoms with Crippen LogP contribution in [0.4, 0.5) is 4.39 Å². The van der Waals surface area contributed by atoms with E-state index in [0.29, 0.717) is 0 Å². The lowest BCUT2D eigenvalue weighted by atomic mass is 10.5. The van der Waals surface area contributed by atoms with Crippen molar-refractivity contribution in [1.82, 2.24) is 0 Å². The normalized spacial score (nSPS) is 16.7. The molecule has 0 saturated carbocycles. The van der Waals surface area contributed by atoms with Crippen LogP contribution in [-0.2, 0) is 0 Å². The van der Waals surface area contributed by atoms with E-state index in [-0.39, 0.29) is 0 Å². The maximum absolute atomic E-state index is 11.7. The lowest BCUT2D eigenvalue weighted by Gasteiger charge is -2.10. The number of hydrogen-bond donors (Lipinski definition) is 0. The lowest BCUT2D eigenvalue weighted by Crippen LogP contribution is -2.16. The van der Waals surface area contributed by atoms with Crippen LogP contribution in [-0.4, -0.2) is 9.96 Å². The Morgan fingerprint density at radius 1 is 1.57 bits per heavy atom. The molecule has 1 atom stereocenters. The quantitative estimate of drug-likeness (QED) is 0.524. The monoisotopic (exact) mass is 164 g/mol. The molecule has 44 valence electrons. The van der Waals surface area contributed by atoms with Crippen molar-refractivity contribution in [2.24, 2.45) is 0 Å². The highest BCUT2D eigenvalue weighted by Crippen LogP contribution is 2.28. The van der Waals surface area contributed by atoms with Crippen molar-refractivity contribution in [2.75, 3.05) is 0 Å². The second-order valence-electron chi connectivity index (χ2n) is 1.26. The third-order valence-corrected chi connectivity index (χ3v) is 1.43. The Balaban J connectivity index is 3.54. The summed E-state index contributed by atoms with van der Waals surface area (Å²) in [4.78, 5) is 0. The smallest absolute Gasteiger partial charge is 0.205 e. The van der Waals surface area contributed by atoms with Crippen molar-refractivity contribution in [3.05, 3.63) is 0 Å². The zero-order valence-corrected chi connectivity index (χ0v) is 5.86. The van der Waals surface area contributed by atoms with E-state index in [9.17, 15) is 4.39 Å². The van der Waals surface area contributed by atoms with Crippen LogP contribution in [0.15, 0.2) is 0 Å². The van der Waals surface area contributed by atoms with E-state index in [0.717, 1.165) is 0 Å². The van der Waals surface area contributed by atoms with Gasteiger partial charge in [0.1, 0.15) is 0 Å². The third kappa shape index (κ3) is 3.39. The number of halogens is 4. The number of alkyl halides is 4. The van der Waals surface area contributed by atoms with Gasteiger partial charge in [-0.2, -0.15) is 0 Å². The standard InChI is InChI=1S/C3H4Cl3F/c1-3(5,6)2(4)7/h2H,1H3. The van der Waals surface area contributed by atoms with Gasteiger partial charge in [0.2, 0.25) is 5.63 Å². The van der Waals surface area contributed by atoms with Crippen LogP contribution >= 0.6 is 34.8 Å². The van der Waals surface area contributed by atoms with Gasteiger partial charge in [0.05, 0.1) is 0 Å². The molecule has 0 N–H and O–H groups in total. The van der Waals surface area contributed by atoms with E-state index in [1.165, 1.54) is 6.92 Å². The molecule has 0 aromatic heterocycles. The predicted molar refractivity (Wildman–Crippen MR) is 30.9 cm³/mol. The molecular weight excluding hydrogens is 161 g/mol. The Hall–Kier alpha value is 0.800. The Morgan fingerprint density at radius 3 is 1.71 bits per heavy atom. The summed E-state index contributed by atoms with van der Waals surface area (Å²) in [5.74, 6) is 0. The fraction of sp³-hybridized carbons (Fsp3) is 1.00. The molecule has 0 aliphatic heterocycles. The van der Waals surface area contributed by atoms with Crippen molar-refractivity contribution >= 4 is 34.8 Å². The highest BCUT2D eigenvalue weighted by atomic mass is 35.5. The molecule has 4 heteroatoms. The zero-order chi connectivity index (χ0) is 6.08. The largest absolute Gasteiger partial charge is 0.227 e. The Bertz CT molecular complexity index is 55.7. The van der Waals surface area contributed by atoms with Crippen molar-refractivity contribution < 1.29 is 4.39 Å². The third-order valence-electron chi connectivity index (χ3n) is 0.383. The average Bonchev–Trinajstić information content (AvgIpc) is 1.31. The van der Waals surface area contributed by atoms with Gasteiger partial charge in [0.25, 0.3) is 0 Å². The maximum atomic E-state index is 11.7. The van der Waals surface area contributed by atoms with Crippen LogP contribution in [0.25, 0.3) is 0 Å². The SMILES string of the molecule is CC(Cl)(Cl)C(F)Cl. The van der Waals surface area contributed by atoms with Gasteiger partial charge in [-0.25, -0.2) is 4.39 Å². The average molecular weight is 165 g/mol. The van der Waals surface area contributed by atoms with Crippen LogP contribution in [0.3, 0.4) is 0 Å². The van der Waals surface area contributed by atoms with E-state index in [1.54, 1.807) is 0 Å². The van der Waals surface area contributed by atoms with Gasteiger partial charge in [0, 0.05) is 0 Å². The van der Waals surface area contributed by atoms with E-state index in [2.05, 4.69) is 0 Å². The minimum Gasteiger partial charge on any atom is -0.227 e. The van der Waals surface area contributed by atoms with Gasteiger partial charge in [-0.05, 0) is 6.92 Å². The van der Waals surface area contributed by atoms with Crippen LogP contribution < -0.4 is 0 Å². The summed E-state index contributed by atoms with van der Waals surface area (Å²) in [5, 5.41) is 0. The molecule has 0 saturated heterocycles. The predicted octanol–water partition coefficient (Wildman–Crippen LogP) is 2.71. The molecule has 0 bridgehead atoms. The summed E-state index contributed by atoms with van der Waals surface area (Å²) in [6.07, 6.45) is 0. The minimum atomic E-state index is -1.70. The molecule has 0 rings (SSSR count). The summed E-state index contributed by atoms with van der Waals surface area (Å²) in [6, 6.07) is 0. The van der Waals surface area contributed by atoms with Gasteiger partial charge in [-0.3, -0.25) is 0 Å². The molecule has 0 radical (unpaired) electrons. The molecule has 0 aliphatic rings. The fourth-order valence-electron chi connectivity index (χ4n) is 0. The fourth-order valence-corrected chi connectivity index (χ4v) is 0. The van der Waals surface area contributed by atoms with Gasteiger partial charge < -0.3 is 0 Å². The Morgan fingerprint density at radius 2 is 1.71 bits per heavy atom. The molecule has 0 heterocycles. The molecule has 0 aromatic rings. The first-order chi connectivity index (χ1) is 2.94. The van der Waals surface area contributed by atoms with Crippen molar-refractivity contribution in [3.8, 4) is 0 Å². The van der Waals surface area contributed by atoms with Gasteiger partial charge in [-0.15, -0.1) is 0 Å². The summed E-state index contributed by atoms with van der Waals surface area (Å²) in [5.41, 5.74) is -1.70. The molecule has 0 fully saturated rings. The van der Waals surface area contributed by atoms with Gasteiger partial charge in [0.15, 0.2) is 4.33 Å². The van der Waals surface area contributed by atoms with Gasteiger partial charge >= 0.3 is 0 Å². The molecular formula is C3H4Cl3F. The highest BCUT2D eigenvalue weighted by molar-refractivity contribution is 6.51. The summed E-state index contributed by atoms with van der Waals surface area (Å²) in [7, 11) is 0.